The highest BCUT2D eigenvalue weighted by atomic mass is 16.6. The van der Waals surface area contributed by atoms with Crippen LogP contribution in [-0.4, -0.2) is 40.4 Å². The minimum Gasteiger partial charge on any atom is -0.353 e. The molecule has 2 heterocycles. The van der Waals surface area contributed by atoms with Gasteiger partial charge >= 0.3 is 0 Å². The molecule has 29 heavy (non-hydrogen) atoms. The number of nitrogens with one attached hydrogen (secondary N) is 1. The number of carbonyl (C=O) groups is 1. The Bertz CT molecular complexity index is 839. The average molecular weight is 393 g/mol. The third-order valence-electron chi connectivity index (χ3n) is 6.26. The monoisotopic (exact) mass is 393 g/mol. The number of piperidine rings is 1. The van der Waals surface area contributed by atoms with Gasteiger partial charge in [-0.25, -0.2) is 0 Å². The highest BCUT2D eigenvalue weighted by Gasteiger charge is 2.40. The summed E-state index contributed by atoms with van der Waals surface area (Å²) in [6.07, 6.45) is 5.80. The van der Waals surface area contributed by atoms with Crippen molar-refractivity contribution in [3.63, 3.8) is 0 Å². The summed E-state index contributed by atoms with van der Waals surface area (Å²) in [5.41, 5.74) is 2.23. The zero-order chi connectivity index (χ0) is 20.2. The lowest BCUT2D eigenvalue weighted by Crippen LogP contribution is -2.51. The van der Waals surface area contributed by atoms with Crippen molar-refractivity contribution in [3.05, 3.63) is 75.8 Å². The van der Waals surface area contributed by atoms with Gasteiger partial charge in [0.2, 0.25) is 5.91 Å². The molecule has 0 aromatic heterocycles. The topological polar surface area (TPSA) is 75.5 Å². The van der Waals surface area contributed by atoms with Crippen molar-refractivity contribution in [2.45, 2.75) is 56.7 Å². The minimum atomic E-state index is -0.425. The van der Waals surface area contributed by atoms with Gasteiger partial charge in [0, 0.05) is 36.8 Å². The number of nitro benzene ring substituents is 1. The number of fused-ring (bicyclic) bond motifs is 2. The first-order valence-corrected chi connectivity index (χ1v) is 10.4. The molecule has 2 aliphatic rings. The molecule has 2 saturated heterocycles. The lowest BCUT2D eigenvalue weighted by Gasteiger charge is -2.39. The van der Waals surface area contributed by atoms with E-state index >= 15 is 0 Å². The highest BCUT2D eigenvalue weighted by molar-refractivity contribution is 5.79. The van der Waals surface area contributed by atoms with Crippen molar-refractivity contribution in [1.82, 2.24) is 10.2 Å². The summed E-state index contributed by atoms with van der Waals surface area (Å²) in [6.45, 7) is 1.09. The van der Waals surface area contributed by atoms with E-state index in [4.69, 9.17) is 0 Å². The van der Waals surface area contributed by atoms with E-state index in [0.717, 1.165) is 31.4 Å². The molecule has 2 atom stereocenters. The fourth-order valence-electron chi connectivity index (χ4n) is 4.86. The molecule has 1 amide bonds. The van der Waals surface area contributed by atoms with Gasteiger partial charge in [0.25, 0.3) is 5.69 Å². The highest BCUT2D eigenvalue weighted by Crippen LogP contribution is 2.35. The van der Waals surface area contributed by atoms with E-state index in [1.165, 1.54) is 30.5 Å². The smallest absolute Gasteiger partial charge is 0.269 e. The molecule has 1 N–H and O–H groups in total. The molecule has 0 aliphatic carbocycles. The molecule has 0 saturated carbocycles. The van der Waals surface area contributed by atoms with Crippen LogP contribution in [0.2, 0.25) is 0 Å². The molecule has 0 spiro atoms. The van der Waals surface area contributed by atoms with Gasteiger partial charge in [-0.15, -0.1) is 0 Å². The second-order valence-corrected chi connectivity index (χ2v) is 8.19. The summed E-state index contributed by atoms with van der Waals surface area (Å²) >= 11 is 0. The molecule has 152 valence electrons. The first kappa shape index (κ1) is 19.6. The Labute approximate surface area is 171 Å². The zero-order valence-electron chi connectivity index (χ0n) is 16.5. The van der Waals surface area contributed by atoms with E-state index in [0.29, 0.717) is 12.1 Å². The Morgan fingerprint density at radius 2 is 1.66 bits per heavy atom. The van der Waals surface area contributed by atoms with Gasteiger partial charge < -0.3 is 5.32 Å². The van der Waals surface area contributed by atoms with Crippen molar-refractivity contribution in [1.29, 1.82) is 0 Å². The summed E-state index contributed by atoms with van der Waals surface area (Å²) in [4.78, 5) is 25.4. The zero-order valence-corrected chi connectivity index (χ0v) is 16.5. The Morgan fingerprint density at radius 1 is 1.00 bits per heavy atom. The second kappa shape index (κ2) is 8.74. The van der Waals surface area contributed by atoms with Gasteiger partial charge in [0.1, 0.15) is 0 Å². The van der Waals surface area contributed by atoms with Crippen molar-refractivity contribution < 1.29 is 9.72 Å². The van der Waals surface area contributed by atoms with Crippen molar-refractivity contribution in [2.24, 2.45) is 0 Å². The number of hydrogen-bond donors (Lipinski definition) is 1. The number of nitro groups is 1. The fraction of sp³-hybridized carbons (Fsp3) is 0.435. The number of nitrogens with zero attached hydrogens (tertiary/aromatic N) is 2. The van der Waals surface area contributed by atoms with Crippen LogP contribution in [0, 0.1) is 10.1 Å². The SMILES string of the molecule is O=C(Cc1ccc([N+](=O)[O-])cc1)NC1CC2CCC(C1)N2CCc1ccccc1. The van der Waals surface area contributed by atoms with E-state index in [9.17, 15) is 14.9 Å². The van der Waals surface area contributed by atoms with Crippen LogP contribution < -0.4 is 5.32 Å². The van der Waals surface area contributed by atoms with E-state index in [2.05, 4.69) is 40.5 Å². The molecule has 2 fully saturated rings. The van der Waals surface area contributed by atoms with Crippen LogP contribution in [0.15, 0.2) is 54.6 Å². The summed E-state index contributed by atoms with van der Waals surface area (Å²) in [5.74, 6) is 0.000915. The summed E-state index contributed by atoms with van der Waals surface area (Å²) < 4.78 is 0. The predicted octanol–water partition coefficient (Wildman–Crippen LogP) is 3.49. The molecule has 4 rings (SSSR count). The largest absolute Gasteiger partial charge is 0.353 e. The summed E-state index contributed by atoms with van der Waals surface area (Å²) in [6, 6.07) is 18.2. The first-order chi connectivity index (χ1) is 14.1. The molecule has 6 nitrogen and oxygen atoms in total. The van der Waals surface area contributed by atoms with Gasteiger partial charge in [-0.3, -0.25) is 19.8 Å². The normalized spacial score (nSPS) is 23.7. The maximum Gasteiger partial charge on any atom is 0.269 e. The maximum atomic E-state index is 12.5. The van der Waals surface area contributed by atoms with E-state index < -0.39 is 4.92 Å². The maximum absolute atomic E-state index is 12.5. The van der Waals surface area contributed by atoms with Crippen LogP contribution in [0.3, 0.4) is 0 Å². The average Bonchev–Trinajstić information content (AvgIpc) is 2.96. The number of carbonyl (C=O) groups excluding carboxylic acids is 1. The summed E-state index contributed by atoms with van der Waals surface area (Å²) in [7, 11) is 0. The first-order valence-electron chi connectivity index (χ1n) is 10.4. The third kappa shape index (κ3) is 4.82. The molecule has 2 unspecified atom stereocenters. The Morgan fingerprint density at radius 3 is 2.28 bits per heavy atom. The lowest BCUT2D eigenvalue weighted by atomic mass is 9.96. The van der Waals surface area contributed by atoms with Crippen molar-refractivity contribution in [2.75, 3.05) is 6.54 Å². The Balaban J connectivity index is 1.27. The van der Waals surface area contributed by atoms with E-state index in [1.807, 2.05) is 0 Å². The third-order valence-corrected chi connectivity index (χ3v) is 6.26. The van der Waals surface area contributed by atoms with Crippen LogP contribution in [0.1, 0.15) is 36.8 Å². The molecule has 2 aliphatic heterocycles. The van der Waals surface area contributed by atoms with Gasteiger partial charge in [-0.2, -0.15) is 0 Å². The van der Waals surface area contributed by atoms with Crippen LogP contribution in [0.25, 0.3) is 0 Å². The number of non-ortho nitro benzene ring substituents is 1. The van der Waals surface area contributed by atoms with Gasteiger partial charge in [-0.05, 0) is 43.2 Å². The number of amides is 1. The number of hydrogen-bond acceptors (Lipinski definition) is 4. The van der Waals surface area contributed by atoms with Crippen molar-refractivity contribution >= 4 is 11.6 Å². The van der Waals surface area contributed by atoms with E-state index in [1.54, 1.807) is 12.1 Å². The molecule has 2 aromatic carbocycles. The fourth-order valence-corrected chi connectivity index (χ4v) is 4.86. The molecular formula is C23H27N3O3. The van der Waals surface area contributed by atoms with Crippen LogP contribution in [0.5, 0.6) is 0 Å². The minimum absolute atomic E-state index is 0.000915. The van der Waals surface area contributed by atoms with E-state index in [-0.39, 0.29) is 24.1 Å². The standard InChI is InChI=1S/C23H27N3O3/c27-23(14-18-6-8-20(9-7-18)26(28)29)24-19-15-21-10-11-22(16-19)25(21)13-12-17-4-2-1-3-5-17/h1-9,19,21-22H,10-16H2,(H,24,27). The van der Waals surface area contributed by atoms with Crippen molar-refractivity contribution in [3.8, 4) is 0 Å². The molecule has 6 heteroatoms. The van der Waals surface area contributed by atoms with Gasteiger partial charge in [0.05, 0.1) is 11.3 Å². The van der Waals surface area contributed by atoms with Gasteiger partial charge in [0.15, 0.2) is 0 Å². The molecular weight excluding hydrogens is 366 g/mol. The quantitative estimate of drug-likeness (QED) is 0.577. The van der Waals surface area contributed by atoms with Crippen LogP contribution >= 0.6 is 0 Å². The number of rotatable bonds is 7. The van der Waals surface area contributed by atoms with Gasteiger partial charge in [-0.1, -0.05) is 42.5 Å². The lowest BCUT2D eigenvalue weighted by molar-refractivity contribution is -0.384. The molecule has 2 bridgehead atoms. The van der Waals surface area contributed by atoms with Crippen LogP contribution in [0.4, 0.5) is 5.69 Å². The molecule has 0 radical (unpaired) electrons. The predicted molar refractivity (Wildman–Crippen MR) is 112 cm³/mol. The Kier molecular flexibility index (Phi) is 5.90. The Hall–Kier alpha value is -2.73. The second-order valence-electron chi connectivity index (χ2n) is 8.19. The number of benzene rings is 2. The molecule has 2 aromatic rings. The van der Waals surface area contributed by atoms with Crippen LogP contribution in [-0.2, 0) is 17.6 Å². The summed E-state index contributed by atoms with van der Waals surface area (Å²) in [5, 5.41) is 13.9.